The lowest BCUT2D eigenvalue weighted by Gasteiger charge is -2.62. The summed E-state index contributed by atoms with van der Waals surface area (Å²) in [5.74, 6) is 1.55. The maximum absolute atomic E-state index is 12.0. The Morgan fingerprint density at radius 1 is 0.547 bits per heavy atom. The number of fused-ring (bicyclic) bond motifs is 7. The van der Waals surface area contributed by atoms with E-state index in [2.05, 4.69) is 27.4 Å². The number of rotatable bonds is 12. The predicted octanol–water partition coefficient (Wildman–Crippen LogP) is -4.02. The Morgan fingerprint density at radius 3 is 1.69 bits per heavy atom. The van der Waals surface area contributed by atoms with Crippen LogP contribution >= 0.6 is 0 Å². The molecule has 4 aliphatic carbocycles. The molecule has 10 fully saturated rings. The van der Waals surface area contributed by atoms with E-state index in [0.717, 1.165) is 50.5 Å². The van der Waals surface area contributed by atoms with Crippen LogP contribution in [0.5, 0.6) is 0 Å². The van der Waals surface area contributed by atoms with E-state index >= 15 is 0 Å². The maximum atomic E-state index is 12.0. The maximum Gasteiger partial charge on any atom is 0.187 e. The second-order valence-electron chi connectivity index (χ2n) is 24.1. The van der Waals surface area contributed by atoms with Gasteiger partial charge in [-0.2, -0.15) is 0 Å². The Morgan fingerprint density at radius 2 is 1.09 bits per heavy atom. The molecule has 430 valence electrons. The van der Waals surface area contributed by atoms with Crippen LogP contribution in [0.25, 0.3) is 0 Å². The van der Waals surface area contributed by atoms with E-state index in [4.69, 9.17) is 47.4 Å². The van der Waals surface area contributed by atoms with Gasteiger partial charge >= 0.3 is 0 Å². The largest absolute Gasteiger partial charge is 0.394 e. The summed E-state index contributed by atoms with van der Waals surface area (Å²) < 4.78 is 61.1. The van der Waals surface area contributed by atoms with E-state index in [1.54, 1.807) is 0 Å². The Bertz CT molecular complexity index is 1960. The lowest BCUT2D eigenvalue weighted by atomic mass is 9.44. The Balaban J connectivity index is 0.832. The summed E-state index contributed by atoms with van der Waals surface area (Å²) >= 11 is 0. The van der Waals surface area contributed by atoms with Crippen LogP contribution in [-0.2, 0) is 47.4 Å². The van der Waals surface area contributed by atoms with Crippen molar-refractivity contribution in [3.63, 3.8) is 0 Å². The average Bonchev–Trinajstić information content (AvgIpc) is 3.84. The normalized spacial score (nSPS) is 57.0. The zero-order valence-corrected chi connectivity index (χ0v) is 42.7. The van der Waals surface area contributed by atoms with Gasteiger partial charge in [0.25, 0.3) is 0 Å². The molecule has 75 heavy (non-hydrogen) atoms. The summed E-state index contributed by atoms with van der Waals surface area (Å²) in [6.45, 7) is 8.22. The molecular weight excluding hydrogens is 997 g/mol. The predicted molar refractivity (Wildman–Crippen MR) is 250 cm³/mol. The molecule has 6 aliphatic heterocycles. The lowest BCUT2D eigenvalue weighted by Crippen LogP contribution is -2.69. The summed E-state index contributed by atoms with van der Waals surface area (Å²) in [4.78, 5) is 0. The van der Waals surface area contributed by atoms with E-state index in [0.29, 0.717) is 43.1 Å². The van der Waals surface area contributed by atoms with Crippen LogP contribution in [0.1, 0.15) is 78.6 Å². The van der Waals surface area contributed by atoms with Crippen molar-refractivity contribution in [1.29, 1.82) is 0 Å². The van der Waals surface area contributed by atoms with Crippen LogP contribution in [0.2, 0.25) is 0 Å². The number of aliphatic hydroxyl groups excluding tert-OH is 14. The molecule has 32 atom stereocenters. The number of aliphatic hydroxyl groups is 14. The van der Waals surface area contributed by atoms with Gasteiger partial charge in [0.15, 0.2) is 30.9 Å². The van der Waals surface area contributed by atoms with E-state index in [9.17, 15) is 71.5 Å². The van der Waals surface area contributed by atoms with Crippen LogP contribution in [0.3, 0.4) is 0 Å². The highest BCUT2D eigenvalue weighted by Gasteiger charge is 2.70. The summed E-state index contributed by atoms with van der Waals surface area (Å²) in [6, 6.07) is 0. The second kappa shape index (κ2) is 21.9. The van der Waals surface area contributed by atoms with E-state index in [1.165, 1.54) is 0 Å². The molecule has 24 nitrogen and oxygen atoms in total. The van der Waals surface area contributed by atoms with Gasteiger partial charge in [-0.3, -0.25) is 0 Å². The van der Waals surface area contributed by atoms with Crippen molar-refractivity contribution in [1.82, 2.24) is 0 Å². The molecule has 0 aromatic carbocycles. The highest BCUT2D eigenvalue weighted by Crippen LogP contribution is 2.71. The van der Waals surface area contributed by atoms with Gasteiger partial charge in [-0.05, 0) is 91.8 Å². The van der Waals surface area contributed by atoms with Gasteiger partial charge in [-0.15, -0.1) is 0 Å². The molecule has 0 aromatic heterocycles. The summed E-state index contributed by atoms with van der Waals surface area (Å²) in [7, 11) is 0. The first-order chi connectivity index (χ1) is 35.6. The first-order valence-electron chi connectivity index (χ1n) is 27.1. The quantitative estimate of drug-likeness (QED) is 0.0654. The third-order valence-electron chi connectivity index (χ3n) is 20.2. The van der Waals surface area contributed by atoms with Crippen molar-refractivity contribution in [2.45, 2.75) is 225 Å². The van der Waals surface area contributed by atoms with Crippen molar-refractivity contribution in [2.24, 2.45) is 46.3 Å². The van der Waals surface area contributed by atoms with E-state index in [-0.39, 0.29) is 28.8 Å². The first-order valence-corrected chi connectivity index (χ1v) is 27.1. The molecule has 0 bridgehead atoms. The molecule has 6 saturated heterocycles. The molecule has 1 spiro atoms. The highest BCUT2D eigenvalue weighted by atomic mass is 16.8. The first kappa shape index (κ1) is 57.0. The Hall–Kier alpha value is -1.22. The molecule has 0 aromatic rings. The highest BCUT2D eigenvalue weighted by molar-refractivity contribution is 5.17. The van der Waals surface area contributed by atoms with Gasteiger partial charge in [0.1, 0.15) is 97.7 Å². The molecule has 14 N–H and O–H groups in total. The van der Waals surface area contributed by atoms with Crippen molar-refractivity contribution in [3.05, 3.63) is 12.2 Å². The van der Waals surface area contributed by atoms with Gasteiger partial charge < -0.3 is 119 Å². The van der Waals surface area contributed by atoms with Gasteiger partial charge in [0.2, 0.25) is 0 Å². The molecule has 4 saturated carbocycles. The van der Waals surface area contributed by atoms with Crippen molar-refractivity contribution in [2.75, 3.05) is 33.0 Å². The molecule has 0 radical (unpaired) electrons. The second-order valence-corrected chi connectivity index (χ2v) is 24.1. The van der Waals surface area contributed by atoms with Gasteiger partial charge in [-0.25, -0.2) is 0 Å². The lowest BCUT2D eigenvalue weighted by molar-refractivity contribution is -0.407. The standard InChI is InChI=1S/C51H82O24/c1-19-7-10-51(66-18-19)20(2)32-27(75-51)12-24-22-6-5-21-11-26(25(56)13-50(21,4)23(22)8-9-49(24,32)3)67-45-41(65)38(62)42(31(17-55)71-45)72-48-44(74-47-40(64)37(61)34(58)29(15-53)69-47)43(35(59)30(16-54)70-48)73-46-39(63)36(60)33(57)28(14-52)68-46/h20-48,52-65H,1,5-18H2,2-4H3/t20-,21-,22+,23-,24+,25+,26+,27-,28+,29+,30+,31+,32-,33+,34+,35+,36-,37-,38+,39+,40+,41+,42-,43-,44+,45+,46-,47-,48-,49-,50-,51+/m0/s1. The number of ether oxygens (including phenoxy) is 10. The Labute approximate surface area is 434 Å². The molecule has 0 amide bonds. The number of hydrogen-bond acceptors (Lipinski definition) is 24. The van der Waals surface area contributed by atoms with Crippen LogP contribution in [0.15, 0.2) is 12.2 Å². The van der Waals surface area contributed by atoms with Crippen LogP contribution in [-0.4, -0.2) is 251 Å². The number of hydrogen-bond donors (Lipinski definition) is 14. The molecule has 0 unspecified atom stereocenters. The van der Waals surface area contributed by atoms with E-state index in [1.807, 2.05) is 0 Å². The fourth-order valence-corrected chi connectivity index (χ4v) is 16.0. The van der Waals surface area contributed by atoms with Gasteiger partial charge in [-0.1, -0.05) is 32.9 Å². The van der Waals surface area contributed by atoms with Gasteiger partial charge in [0.05, 0.1) is 51.3 Å². The minimum atomic E-state index is -2.06. The molecule has 10 aliphatic rings. The van der Waals surface area contributed by atoms with Gasteiger partial charge in [0, 0.05) is 12.3 Å². The monoisotopic (exact) mass is 1080 g/mol. The minimum Gasteiger partial charge on any atom is -0.394 e. The minimum absolute atomic E-state index is 0.0987. The molecule has 24 heteroatoms. The summed E-state index contributed by atoms with van der Waals surface area (Å²) in [5.41, 5.74) is 0.994. The van der Waals surface area contributed by atoms with Crippen LogP contribution < -0.4 is 0 Å². The Kier molecular flexibility index (Phi) is 16.7. The fourth-order valence-electron chi connectivity index (χ4n) is 16.0. The third kappa shape index (κ3) is 9.71. The van der Waals surface area contributed by atoms with Crippen LogP contribution in [0.4, 0.5) is 0 Å². The summed E-state index contributed by atoms with van der Waals surface area (Å²) in [5, 5.41) is 152. The molecule has 6 heterocycles. The zero-order valence-electron chi connectivity index (χ0n) is 42.7. The third-order valence-corrected chi connectivity index (χ3v) is 20.2. The van der Waals surface area contributed by atoms with Crippen molar-refractivity contribution < 1.29 is 119 Å². The van der Waals surface area contributed by atoms with E-state index < -0.39 is 167 Å². The topological polar surface area (TPSA) is 376 Å². The smallest absolute Gasteiger partial charge is 0.187 e. The van der Waals surface area contributed by atoms with Crippen molar-refractivity contribution >= 4 is 0 Å². The molecular formula is C51H82O24. The fraction of sp³-hybridized carbons (Fsp3) is 0.961. The zero-order chi connectivity index (χ0) is 53.8. The summed E-state index contributed by atoms with van der Waals surface area (Å²) in [6.07, 6.45) is -30.8. The van der Waals surface area contributed by atoms with Crippen LogP contribution in [0, 0.1) is 46.3 Å². The molecule has 10 rings (SSSR count). The SMILES string of the molecule is C=C1CC[C@@]2(OC1)O[C@H]1C[C@@H]3[C@@H]4CC[C@H]5C[C@@H](O[C@@H]6O[C@H](CO)[C@H](O[C@@H]7O[C@H](CO)[C@@H](O)[C@H](O[C@@H]8O[C@H](CO)[C@@H](O)[C@H](O)[C@H]8O)[C@H]7O[C@@H]7O[C@H](CO)[C@@H](O)[C@H](O)[C@H]7O)[C@H](O)[C@H]6O)[C@H](O)C[C@]5(C)[C@H]4CC[C@]3(C)[C@H]1[C@@H]2C. The van der Waals surface area contributed by atoms with Crippen molar-refractivity contribution in [3.8, 4) is 0 Å². The average molecular weight is 1080 g/mol.